The molecule has 0 aromatic heterocycles. The van der Waals surface area contributed by atoms with Crippen LogP contribution in [0.2, 0.25) is 0 Å². The summed E-state index contributed by atoms with van der Waals surface area (Å²) >= 11 is 0. The summed E-state index contributed by atoms with van der Waals surface area (Å²) in [5.74, 6) is 0.641. The second-order valence-electron chi connectivity index (χ2n) is 5.09. The molecular formula is C16H27IN4O2. The molecule has 0 atom stereocenters. The predicted molar refractivity (Wildman–Crippen MR) is 104 cm³/mol. The van der Waals surface area contributed by atoms with Gasteiger partial charge in [-0.3, -0.25) is 4.79 Å². The third-order valence-electron chi connectivity index (χ3n) is 2.97. The maximum Gasteiger partial charge on any atom is 0.241 e. The fourth-order valence-electron chi connectivity index (χ4n) is 1.81. The van der Waals surface area contributed by atoms with Crippen molar-refractivity contribution in [2.75, 3.05) is 34.3 Å². The molecule has 1 aromatic carbocycles. The van der Waals surface area contributed by atoms with E-state index >= 15 is 0 Å². The van der Waals surface area contributed by atoms with E-state index in [0.29, 0.717) is 19.1 Å². The average molecular weight is 434 g/mol. The Morgan fingerprint density at radius 2 is 1.96 bits per heavy atom. The molecule has 0 saturated carbocycles. The Morgan fingerprint density at radius 3 is 2.57 bits per heavy atom. The Bertz CT molecular complexity index is 507. The van der Waals surface area contributed by atoms with Crippen molar-refractivity contribution in [1.82, 2.24) is 15.5 Å². The summed E-state index contributed by atoms with van der Waals surface area (Å²) in [4.78, 5) is 17.7. The lowest BCUT2D eigenvalue weighted by Gasteiger charge is -2.14. The zero-order valence-electron chi connectivity index (χ0n) is 14.3. The van der Waals surface area contributed by atoms with Gasteiger partial charge in [0.15, 0.2) is 5.96 Å². The molecular weight excluding hydrogens is 407 g/mol. The first-order valence-electron chi connectivity index (χ1n) is 7.36. The quantitative estimate of drug-likeness (QED) is 0.389. The average Bonchev–Trinajstić information content (AvgIpc) is 2.50. The molecule has 0 aliphatic heterocycles. The standard InChI is InChI=1S/C16H26N4O2.HI/c1-5-17-16(19-11-15(21)20(2)3)18-10-13-7-6-8-14(9-13)12-22-4;/h6-9H,5,10-12H2,1-4H3,(H2,17,18,19);1H. The first kappa shape index (κ1) is 21.6. The summed E-state index contributed by atoms with van der Waals surface area (Å²) < 4.78 is 5.13. The third kappa shape index (κ3) is 8.75. The van der Waals surface area contributed by atoms with Crippen LogP contribution in [0, 0.1) is 0 Å². The van der Waals surface area contributed by atoms with Gasteiger partial charge < -0.3 is 20.3 Å². The van der Waals surface area contributed by atoms with Gasteiger partial charge in [-0.2, -0.15) is 0 Å². The van der Waals surface area contributed by atoms with E-state index in [0.717, 1.165) is 17.7 Å². The van der Waals surface area contributed by atoms with E-state index in [1.165, 1.54) is 0 Å². The molecule has 0 heterocycles. The number of carbonyl (C=O) groups is 1. The van der Waals surface area contributed by atoms with Gasteiger partial charge in [0.25, 0.3) is 0 Å². The Morgan fingerprint density at radius 1 is 1.26 bits per heavy atom. The van der Waals surface area contributed by atoms with Gasteiger partial charge in [-0.25, -0.2) is 4.99 Å². The van der Waals surface area contributed by atoms with E-state index in [1.807, 2.05) is 25.1 Å². The fraction of sp³-hybridized carbons (Fsp3) is 0.500. The highest BCUT2D eigenvalue weighted by atomic mass is 127. The SMILES string of the molecule is CCNC(=NCc1cccc(COC)c1)NCC(=O)N(C)C.I. The molecule has 7 heteroatoms. The van der Waals surface area contributed by atoms with Crippen LogP contribution in [-0.2, 0) is 22.7 Å². The Balaban J connectivity index is 0.00000484. The van der Waals surface area contributed by atoms with E-state index in [9.17, 15) is 4.79 Å². The number of methoxy groups -OCH3 is 1. The molecule has 2 N–H and O–H groups in total. The van der Waals surface area contributed by atoms with Crippen LogP contribution < -0.4 is 10.6 Å². The van der Waals surface area contributed by atoms with Crippen molar-refractivity contribution in [3.8, 4) is 0 Å². The molecule has 0 bridgehead atoms. The number of amides is 1. The number of hydrogen-bond acceptors (Lipinski definition) is 3. The summed E-state index contributed by atoms with van der Waals surface area (Å²) in [6, 6.07) is 8.11. The van der Waals surface area contributed by atoms with E-state index < -0.39 is 0 Å². The van der Waals surface area contributed by atoms with Crippen LogP contribution in [0.15, 0.2) is 29.3 Å². The fourth-order valence-corrected chi connectivity index (χ4v) is 1.81. The van der Waals surface area contributed by atoms with E-state index in [-0.39, 0.29) is 36.4 Å². The van der Waals surface area contributed by atoms with Crippen LogP contribution in [0.25, 0.3) is 0 Å². The molecule has 0 radical (unpaired) electrons. The number of guanidine groups is 1. The molecule has 1 rings (SSSR count). The van der Waals surface area contributed by atoms with Crippen LogP contribution in [0.5, 0.6) is 0 Å². The number of likely N-dealkylation sites (N-methyl/N-ethyl adjacent to an activating group) is 1. The van der Waals surface area contributed by atoms with Gasteiger partial charge in [-0.05, 0) is 18.1 Å². The number of halogens is 1. The van der Waals surface area contributed by atoms with Crippen molar-refractivity contribution in [2.45, 2.75) is 20.1 Å². The molecule has 130 valence electrons. The van der Waals surface area contributed by atoms with Crippen molar-refractivity contribution >= 4 is 35.8 Å². The van der Waals surface area contributed by atoms with Crippen molar-refractivity contribution in [3.05, 3.63) is 35.4 Å². The zero-order chi connectivity index (χ0) is 16.4. The summed E-state index contributed by atoms with van der Waals surface area (Å²) in [6.07, 6.45) is 0. The number of nitrogens with zero attached hydrogens (tertiary/aromatic N) is 2. The second kappa shape index (κ2) is 12.1. The lowest BCUT2D eigenvalue weighted by molar-refractivity contribution is -0.127. The number of hydrogen-bond donors (Lipinski definition) is 2. The van der Waals surface area contributed by atoms with Gasteiger partial charge in [0.05, 0.1) is 19.7 Å². The molecule has 0 spiro atoms. The lowest BCUT2D eigenvalue weighted by Crippen LogP contribution is -2.42. The lowest BCUT2D eigenvalue weighted by atomic mass is 10.1. The second-order valence-corrected chi connectivity index (χ2v) is 5.09. The van der Waals surface area contributed by atoms with Crippen LogP contribution in [0.4, 0.5) is 0 Å². The maximum atomic E-state index is 11.6. The first-order chi connectivity index (χ1) is 10.6. The molecule has 1 aromatic rings. The Hall–Kier alpha value is -1.35. The summed E-state index contributed by atoms with van der Waals surface area (Å²) in [7, 11) is 5.14. The van der Waals surface area contributed by atoms with Crippen molar-refractivity contribution in [3.63, 3.8) is 0 Å². The van der Waals surface area contributed by atoms with Crippen LogP contribution in [0.3, 0.4) is 0 Å². The molecule has 0 fully saturated rings. The van der Waals surface area contributed by atoms with Gasteiger partial charge in [0.1, 0.15) is 0 Å². The number of benzene rings is 1. The largest absolute Gasteiger partial charge is 0.380 e. The number of nitrogens with one attached hydrogen (secondary N) is 2. The van der Waals surface area contributed by atoms with Gasteiger partial charge >= 0.3 is 0 Å². The van der Waals surface area contributed by atoms with Gasteiger partial charge in [0.2, 0.25) is 5.91 Å². The third-order valence-corrected chi connectivity index (χ3v) is 2.97. The molecule has 0 unspecified atom stereocenters. The van der Waals surface area contributed by atoms with Crippen molar-refractivity contribution < 1.29 is 9.53 Å². The summed E-state index contributed by atoms with van der Waals surface area (Å²) in [5, 5.41) is 6.17. The van der Waals surface area contributed by atoms with Gasteiger partial charge in [-0.15, -0.1) is 24.0 Å². The Kier molecular flexibility index (Phi) is 11.4. The summed E-state index contributed by atoms with van der Waals surface area (Å²) in [5.41, 5.74) is 2.22. The van der Waals surface area contributed by atoms with E-state index in [1.54, 1.807) is 26.1 Å². The van der Waals surface area contributed by atoms with E-state index in [2.05, 4.69) is 21.7 Å². The number of rotatable bonds is 7. The predicted octanol–water partition coefficient (Wildman–Crippen LogP) is 1.59. The van der Waals surface area contributed by atoms with Gasteiger partial charge in [-0.1, -0.05) is 24.3 Å². The zero-order valence-corrected chi connectivity index (χ0v) is 16.6. The molecule has 23 heavy (non-hydrogen) atoms. The highest BCUT2D eigenvalue weighted by Crippen LogP contribution is 2.07. The normalized spacial score (nSPS) is 10.7. The molecule has 1 amide bonds. The monoisotopic (exact) mass is 434 g/mol. The minimum Gasteiger partial charge on any atom is -0.380 e. The smallest absolute Gasteiger partial charge is 0.241 e. The van der Waals surface area contributed by atoms with Crippen LogP contribution in [-0.4, -0.2) is 51.1 Å². The molecule has 0 saturated heterocycles. The molecule has 6 nitrogen and oxygen atoms in total. The maximum absolute atomic E-state index is 11.6. The van der Waals surface area contributed by atoms with Crippen molar-refractivity contribution in [2.24, 2.45) is 4.99 Å². The first-order valence-corrected chi connectivity index (χ1v) is 7.36. The van der Waals surface area contributed by atoms with Crippen LogP contribution >= 0.6 is 24.0 Å². The molecule has 0 aliphatic carbocycles. The number of carbonyl (C=O) groups excluding carboxylic acids is 1. The topological polar surface area (TPSA) is 66.0 Å². The Labute approximate surface area is 155 Å². The minimum absolute atomic E-state index is 0. The number of ether oxygens (including phenoxy) is 1. The van der Waals surface area contributed by atoms with Crippen molar-refractivity contribution in [1.29, 1.82) is 0 Å². The van der Waals surface area contributed by atoms with E-state index in [4.69, 9.17) is 4.74 Å². The highest BCUT2D eigenvalue weighted by molar-refractivity contribution is 14.0. The van der Waals surface area contributed by atoms with Crippen LogP contribution in [0.1, 0.15) is 18.1 Å². The summed E-state index contributed by atoms with van der Waals surface area (Å²) in [6.45, 7) is 4.09. The molecule has 0 aliphatic rings. The number of aliphatic imine (C=N–C) groups is 1. The highest BCUT2D eigenvalue weighted by Gasteiger charge is 2.05. The minimum atomic E-state index is 0. The van der Waals surface area contributed by atoms with Gasteiger partial charge in [0, 0.05) is 27.7 Å².